The summed E-state index contributed by atoms with van der Waals surface area (Å²) in [4.78, 5) is 28.2. The molecule has 8 nitrogen and oxygen atoms in total. The third-order valence-electron chi connectivity index (χ3n) is 6.83. The highest BCUT2D eigenvalue weighted by molar-refractivity contribution is 5.96. The highest BCUT2D eigenvalue weighted by atomic mass is 16.5. The van der Waals surface area contributed by atoms with Gasteiger partial charge in [-0.2, -0.15) is 0 Å². The van der Waals surface area contributed by atoms with Gasteiger partial charge in [0.2, 0.25) is 11.8 Å². The van der Waals surface area contributed by atoms with E-state index in [0.717, 1.165) is 16.9 Å². The van der Waals surface area contributed by atoms with E-state index in [-0.39, 0.29) is 30.9 Å². The maximum absolute atomic E-state index is 13.4. The van der Waals surface area contributed by atoms with E-state index in [1.807, 2.05) is 62.4 Å². The minimum Gasteiger partial charge on any atom is -0.496 e. The van der Waals surface area contributed by atoms with Crippen LogP contribution in [0.15, 0.2) is 60.2 Å². The average molecular weight is 495 g/mol. The zero-order valence-corrected chi connectivity index (χ0v) is 20.9. The SMILES string of the molecule is COc1ccccc1CCN(C(=O)C(C)C)[C@@H]1C=C(C(=O)NCCO)[C@@H]2c3ccccc3O[C@@H]2[C@H]1O. The molecule has 192 valence electrons. The summed E-state index contributed by atoms with van der Waals surface area (Å²) < 4.78 is 11.6. The molecule has 3 N–H and O–H groups in total. The van der Waals surface area contributed by atoms with Crippen molar-refractivity contribution < 1.29 is 29.3 Å². The Labute approximate surface area is 211 Å². The lowest BCUT2D eigenvalue weighted by Crippen LogP contribution is -2.56. The molecule has 0 fully saturated rings. The molecule has 0 spiro atoms. The van der Waals surface area contributed by atoms with Crippen LogP contribution in [0.25, 0.3) is 0 Å². The Morgan fingerprint density at radius 2 is 1.86 bits per heavy atom. The monoisotopic (exact) mass is 494 g/mol. The molecule has 1 aliphatic heterocycles. The summed E-state index contributed by atoms with van der Waals surface area (Å²) in [5.41, 5.74) is 2.19. The van der Waals surface area contributed by atoms with Crippen molar-refractivity contribution in [1.82, 2.24) is 10.2 Å². The number of nitrogens with one attached hydrogen (secondary N) is 1. The summed E-state index contributed by atoms with van der Waals surface area (Å²) in [6, 6.07) is 14.3. The van der Waals surface area contributed by atoms with Crippen LogP contribution in [0.1, 0.15) is 30.9 Å². The number of carbonyl (C=O) groups is 2. The maximum atomic E-state index is 13.4. The van der Waals surface area contributed by atoms with Crippen molar-refractivity contribution in [3.8, 4) is 11.5 Å². The lowest BCUT2D eigenvalue weighted by molar-refractivity contribution is -0.140. The number of nitrogens with zero attached hydrogens (tertiary/aromatic N) is 1. The van der Waals surface area contributed by atoms with Crippen molar-refractivity contribution in [1.29, 1.82) is 0 Å². The molecule has 0 radical (unpaired) electrons. The average Bonchev–Trinajstić information content (AvgIpc) is 3.28. The summed E-state index contributed by atoms with van der Waals surface area (Å²) >= 11 is 0. The fourth-order valence-electron chi connectivity index (χ4n) is 5.08. The van der Waals surface area contributed by atoms with E-state index in [1.54, 1.807) is 18.1 Å². The molecule has 0 saturated heterocycles. The second-order valence-electron chi connectivity index (χ2n) is 9.43. The summed E-state index contributed by atoms with van der Waals surface area (Å²) in [6.45, 7) is 3.87. The van der Waals surface area contributed by atoms with Crippen LogP contribution in [-0.4, -0.2) is 72.0 Å². The van der Waals surface area contributed by atoms with E-state index < -0.39 is 24.2 Å². The van der Waals surface area contributed by atoms with Gasteiger partial charge < -0.3 is 29.9 Å². The number of methoxy groups -OCH3 is 1. The second kappa shape index (κ2) is 11.1. The van der Waals surface area contributed by atoms with Gasteiger partial charge in [0.15, 0.2) is 0 Å². The molecule has 1 heterocycles. The van der Waals surface area contributed by atoms with Crippen molar-refractivity contribution in [2.24, 2.45) is 5.92 Å². The summed E-state index contributed by atoms with van der Waals surface area (Å²) in [5.74, 6) is 0.0784. The number of hydrogen-bond acceptors (Lipinski definition) is 6. The highest BCUT2D eigenvalue weighted by Gasteiger charge is 2.50. The molecule has 0 saturated carbocycles. The number of amides is 2. The molecule has 8 heteroatoms. The zero-order chi connectivity index (χ0) is 25.8. The standard InChI is InChI=1S/C28H34N2O6/c1-17(2)28(34)30(14-12-18-8-4-6-10-22(18)35-3)21-16-20(27(33)29-13-15-31)24-19-9-5-7-11-23(19)36-26(24)25(21)32/h4-11,16-17,21,24-26,31-32H,12-15H2,1-3H3,(H,29,33)/t21-,24+,25+,26+/m1/s1. The molecular formula is C28H34N2O6. The van der Waals surface area contributed by atoms with E-state index in [0.29, 0.717) is 24.3 Å². The van der Waals surface area contributed by atoms with E-state index in [4.69, 9.17) is 9.47 Å². The number of aliphatic hydroxyl groups is 2. The lowest BCUT2D eigenvalue weighted by atomic mass is 9.77. The van der Waals surface area contributed by atoms with Crippen LogP contribution in [0.4, 0.5) is 0 Å². The third-order valence-corrected chi connectivity index (χ3v) is 6.83. The van der Waals surface area contributed by atoms with Crippen LogP contribution in [0, 0.1) is 5.92 Å². The molecule has 0 unspecified atom stereocenters. The van der Waals surface area contributed by atoms with Crippen molar-refractivity contribution in [2.75, 3.05) is 26.8 Å². The van der Waals surface area contributed by atoms with Crippen LogP contribution in [0.3, 0.4) is 0 Å². The van der Waals surface area contributed by atoms with Gasteiger partial charge in [-0.25, -0.2) is 0 Å². The molecule has 2 amide bonds. The smallest absolute Gasteiger partial charge is 0.247 e. The third kappa shape index (κ3) is 4.96. The Balaban J connectivity index is 1.71. The number of benzene rings is 2. The number of hydrogen-bond donors (Lipinski definition) is 3. The first-order valence-electron chi connectivity index (χ1n) is 12.3. The number of aliphatic hydroxyl groups excluding tert-OH is 2. The molecule has 4 atom stereocenters. The topological polar surface area (TPSA) is 108 Å². The fraction of sp³-hybridized carbons (Fsp3) is 0.429. The first-order valence-corrected chi connectivity index (χ1v) is 12.3. The van der Waals surface area contributed by atoms with Crippen molar-refractivity contribution in [3.05, 3.63) is 71.3 Å². The normalized spacial score (nSPS) is 22.2. The molecule has 36 heavy (non-hydrogen) atoms. The lowest BCUT2D eigenvalue weighted by Gasteiger charge is -2.41. The quantitative estimate of drug-likeness (QED) is 0.493. The molecule has 0 aromatic heterocycles. The van der Waals surface area contributed by atoms with Crippen molar-refractivity contribution in [3.63, 3.8) is 0 Å². The van der Waals surface area contributed by atoms with Gasteiger partial charge in [0.1, 0.15) is 23.7 Å². The summed E-state index contributed by atoms with van der Waals surface area (Å²) in [7, 11) is 1.61. The maximum Gasteiger partial charge on any atom is 0.247 e. The minimum atomic E-state index is -1.04. The number of carbonyl (C=O) groups excluding carboxylic acids is 2. The first-order chi connectivity index (χ1) is 17.4. The van der Waals surface area contributed by atoms with E-state index in [1.165, 1.54) is 0 Å². The molecular weight excluding hydrogens is 460 g/mol. The van der Waals surface area contributed by atoms with Crippen molar-refractivity contribution in [2.45, 2.75) is 44.4 Å². The number of fused-ring (bicyclic) bond motifs is 3. The molecule has 1 aliphatic carbocycles. The van der Waals surface area contributed by atoms with E-state index >= 15 is 0 Å². The minimum absolute atomic E-state index is 0.103. The Hall–Kier alpha value is -3.36. The Morgan fingerprint density at radius 3 is 2.58 bits per heavy atom. The van der Waals surface area contributed by atoms with Gasteiger partial charge in [0.25, 0.3) is 0 Å². The zero-order valence-electron chi connectivity index (χ0n) is 20.9. The van der Waals surface area contributed by atoms with Gasteiger partial charge in [-0.05, 0) is 30.2 Å². The molecule has 4 rings (SSSR count). The number of para-hydroxylation sites is 2. The van der Waals surface area contributed by atoms with Gasteiger partial charge >= 0.3 is 0 Å². The van der Waals surface area contributed by atoms with Crippen LogP contribution < -0.4 is 14.8 Å². The van der Waals surface area contributed by atoms with E-state index in [9.17, 15) is 19.8 Å². The number of ether oxygens (including phenoxy) is 2. The molecule has 2 aliphatic rings. The van der Waals surface area contributed by atoms with Crippen LogP contribution >= 0.6 is 0 Å². The molecule has 0 bridgehead atoms. The predicted molar refractivity (Wildman–Crippen MR) is 135 cm³/mol. The highest BCUT2D eigenvalue weighted by Crippen LogP contribution is 2.47. The summed E-state index contributed by atoms with van der Waals surface area (Å²) in [5, 5.41) is 23.5. The van der Waals surface area contributed by atoms with Gasteiger partial charge in [0.05, 0.1) is 25.7 Å². The van der Waals surface area contributed by atoms with Gasteiger partial charge in [0, 0.05) is 30.1 Å². The van der Waals surface area contributed by atoms with Gasteiger partial charge in [-0.3, -0.25) is 9.59 Å². The van der Waals surface area contributed by atoms with Crippen LogP contribution in [-0.2, 0) is 16.0 Å². The van der Waals surface area contributed by atoms with Crippen molar-refractivity contribution >= 4 is 11.8 Å². The van der Waals surface area contributed by atoms with Gasteiger partial charge in [-0.1, -0.05) is 50.2 Å². The first kappa shape index (κ1) is 25.7. The molecule has 2 aromatic carbocycles. The second-order valence-corrected chi connectivity index (χ2v) is 9.43. The molecule has 2 aromatic rings. The number of rotatable bonds is 9. The van der Waals surface area contributed by atoms with Crippen LogP contribution in [0.2, 0.25) is 0 Å². The predicted octanol–water partition coefficient (Wildman–Crippen LogP) is 2.05. The summed E-state index contributed by atoms with van der Waals surface area (Å²) in [6.07, 6.45) is 0.450. The van der Waals surface area contributed by atoms with Crippen LogP contribution in [0.5, 0.6) is 11.5 Å². The van der Waals surface area contributed by atoms with Gasteiger partial charge in [-0.15, -0.1) is 0 Å². The Morgan fingerprint density at radius 1 is 1.14 bits per heavy atom. The largest absolute Gasteiger partial charge is 0.496 e. The van der Waals surface area contributed by atoms with E-state index in [2.05, 4.69) is 5.32 Å². The fourth-order valence-corrected chi connectivity index (χ4v) is 5.08. The Kier molecular flexibility index (Phi) is 7.96. The Bertz CT molecular complexity index is 1130.